The lowest BCUT2D eigenvalue weighted by Crippen LogP contribution is -1.98. The van der Waals surface area contributed by atoms with E-state index in [0.29, 0.717) is 5.82 Å². The van der Waals surface area contributed by atoms with Crippen molar-refractivity contribution in [2.24, 2.45) is 0 Å². The summed E-state index contributed by atoms with van der Waals surface area (Å²) in [7, 11) is 0. The Kier molecular flexibility index (Phi) is 5.60. The Bertz CT molecular complexity index is 1860. The largest absolute Gasteiger partial charge is 0.309 e. The summed E-state index contributed by atoms with van der Waals surface area (Å²) < 4.78 is 2.33. The first-order valence-corrected chi connectivity index (χ1v) is 13.0. The Morgan fingerprint density at radius 1 is 0.513 bits per heavy atom. The number of hydrogen-bond acceptors (Lipinski definition) is 2. The van der Waals surface area contributed by atoms with Crippen molar-refractivity contribution < 1.29 is 0 Å². The lowest BCUT2D eigenvalue weighted by molar-refractivity contribution is 1.16. The van der Waals surface area contributed by atoms with Crippen LogP contribution in [0.4, 0.5) is 0 Å². The number of rotatable bonds is 5. The molecule has 0 amide bonds. The van der Waals surface area contributed by atoms with Crippen molar-refractivity contribution in [3.63, 3.8) is 0 Å². The molecule has 0 saturated heterocycles. The molecule has 0 N–H and O–H groups in total. The molecule has 0 radical (unpaired) electrons. The van der Waals surface area contributed by atoms with Crippen LogP contribution >= 0.6 is 0 Å². The normalized spacial score (nSPS) is 11.2. The molecule has 39 heavy (non-hydrogen) atoms. The summed E-state index contributed by atoms with van der Waals surface area (Å²) in [5, 5.41) is 2.47. The van der Waals surface area contributed by atoms with E-state index in [0.717, 1.165) is 39.3 Å². The molecule has 5 aromatic carbocycles. The Morgan fingerprint density at radius 2 is 1.05 bits per heavy atom. The number of aromatic nitrogens is 3. The van der Waals surface area contributed by atoms with Crippen LogP contribution in [0.2, 0.25) is 0 Å². The third-order valence-electron chi connectivity index (χ3n) is 7.14. The molecule has 0 aliphatic carbocycles. The number of benzene rings is 5. The molecule has 184 valence electrons. The highest BCUT2D eigenvalue weighted by Gasteiger charge is 2.15. The van der Waals surface area contributed by atoms with Gasteiger partial charge in [-0.1, -0.05) is 110 Å². The van der Waals surface area contributed by atoms with Crippen molar-refractivity contribution in [1.82, 2.24) is 14.5 Å². The van der Waals surface area contributed by atoms with Gasteiger partial charge in [-0.15, -0.1) is 0 Å². The number of nitrogens with zero attached hydrogens (tertiary/aromatic N) is 3. The fraction of sp³-hybridized carbons (Fsp3) is 0. The van der Waals surface area contributed by atoms with Crippen LogP contribution < -0.4 is 0 Å². The molecular formula is C36H25N3. The summed E-state index contributed by atoms with van der Waals surface area (Å²) >= 11 is 0. The predicted octanol–water partition coefficient (Wildman–Crippen LogP) is 9.22. The van der Waals surface area contributed by atoms with Crippen LogP contribution in [-0.4, -0.2) is 14.5 Å². The van der Waals surface area contributed by atoms with Crippen molar-refractivity contribution in [2.75, 3.05) is 0 Å². The summed E-state index contributed by atoms with van der Waals surface area (Å²) in [6, 6.07) is 46.2. The van der Waals surface area contributed by atoms with E-state index >= 15 is 0 Å². The third-order valence-corrected chi connectivity index (χ3v) is 7.14. The summed E-state index contributed by atoms with van der Waals surface area (Å²) in [4.78, 5) is 10.0. The second-order valence-corrected chi connectivity index (χ2v) is 9.58. The van der Waals surface area contributed by atoms with Crippen molar-refractivity contribution in [3.05, 3.63) is 146 Å². The van der Waals surface area contributed by atoms with Crippen molar-refractivity contribution in [3.8, 4) is 39.6 Å². The first-order valence-electron chi connectivity index (χ1n) is 13.0. The van der Waals surface area contributed by atoms with Gasteiger partial charge in [0.2, 0.25) is 0 Å². The maximum absolute atomic E-state index is 5.07. The van der Waals surface area contributed by atoms with Crippen LogP contribution in [0.25, 0.3) is 67.5 Å². The number of fused-ring (bicyclic) bond motifs is 3. The van der Waals surface area contributed by atoms with Gasteiger partial charge >= 0.3 is 0 Å². The molecule has 2 heterocycles. The maximum atomic E-state index is 5.07. The van der Waals surface area contributed by atoms with Gasteiger partial charge in [-0.05, 0) is 42.0 Å². The molecule has 0 saturated carbocycles. The smallest absolute Gasteiger partial charge is 0.160 e. The van der Waals surface area contributed by atoms with Gasteiger partial charge in [-0.25, -0.2) is 9.97 Å². The van der Waals surface area contributed by atoms with Crippen molar-refractivity contribution >= 4 is 27.9 Å². The van der Waals surface area contributed by atoms with Gasteiger partial charge in [-0.2, -0.15) is 0 Å². The molecule has 0 fully saturated rings. The minimum atomic E-state index is 0.703. The molecule has 0 atom stereocenters. The monoisotopic (exact) mass is 499 g/mol. The molecule has 7 rings (SSSR count). The fourth-order valence-electron chi connectivity index (χ4n) is 5.30. The summed E-state index contributed by atoms with van der Waals surface area (Å²) in [6.45, 7) is 4.10. The van der Waals surface area contributed by atoms with E-state index in [1.165, 1.54) is 21.8 Å². The van der Waals surface area contributed by atoms with Crippen LogP contribution in [0.5, 0.6) is 0 Å². The van der Waals surface area contributed by atoms with Gasteiger partial charge in [0.25, 0.3) is 0 Å². The van der Waals surface area contributed by atoms with Gasteiger partial charge < -0.3 is 4.57 Å². The highest BCUT2D eigenvalue weighted by atomic mass is 15.0. The van der Waals surface area contributed by atoms with E-state index in [2.05, 4.69) is 108 Å². The average molecular weight is 500 g/mol. The maximum Gasteiger partial charge on any atom is 0.160 e. The molecule has 0 unspecified atom stereocenters. The number of hydrogen-bond donors (Lipinski definition) is 0. The highest BCUT2D eigenvalue weighted by molar-refractivity contribution is 6.09. The summed E-state index contributed by atoms with van der Waals surface area (Å²) in [6.07, 6.45) is 1.90. The zero-order valence-electron chi connectivity index (χ0n) is 21.3. The first-order chi connectivity index (χ1) is 19.3. The quantitative estimate of drug-likeness (QED) is 0.236. The van der Waals surface area contributed by atoms with Gasteiger partial charge in [0.15, 0.2) is 5.82 Å². The topological polar surface area (TPSA) is 30.7 Å². The van der Waals surface area contributed by atoms with Gasteiger partial charge in [-0.3, -0.25) is 0 Å². The van der Waals surface area contributed by atoms with E-state index in [4.69, 9.17) is 9.97 Å². The van der Waals surface area contributed by atoms with Crippen molar-refractivity contribution in [1.29, 1.82) is 0 Å². The van der Waals surface area contributed by atoms with Gasteiger partial charge in [0.05, 0.1) is 22.4 Å². The standard InChI is InChI=1S/C36H25N3/c1-2-25-21-28(23-29(22-25)39-34-19-11-9-17-30(34)31-18-10-12-20-35(31)39)33-24-32(26-13-5-3-6-14-26)37-36(38-33)27-15-7-4-8-16-27/h2-24H,1H2. The van der Waals surface area contributed by atoms with Gasteiger partial charge in [0, 0.05) is 33.2 Å². The summed E-state index contributed by atoms with van der Waals surface area (Å²) in [5.74, 6) is 0.703. The lowest BCUT2D eigenvalue weighted by atomic mass is 10.0. The minimum absolute atomic E-state index is 0.703. The van der Waals surface area contributed by atoms with Crippen molar-refractivity contribution in [2.45, 2.75) is 0 Å². The molecule has 0 bridgehead atoms. The molecule has 7 aromatic rings. The van der Waals surface area contributed by atoms with E-state index in [9.17, 15) is 0 Å². The van der Waals surface area contributed by atoms with Crippen LogP contribution in [0, 0.1) is 0 Å². The SMILES string of the molecule is C=Cc1cc(-c2cc(-c3ccccc3)nc(-c3ccccc3)n2)cc(-n2c3ccccc3c3ccccc32)c1. The zero-order valence-corrected chi connectivity index (χ0v) is 21.3. The van der Waals surface area contributed by atoms with Crippen LogP contribution in [0.15, 0.2) is 140 Å². The van der Waals surface area contributed by atoms with E-state index in [1.54, 1.807) is 0 Å². The highest BCUT2D eigenvalue weighted by Crippen LogP contribution is 2.35. The third kappa shape index (κ3) is 4.11. The van der Waals surface area contributed by atoms with Gasteiger partial charge in [0.1, 0.15) is 0 Å². The predicted molar refractivity (Wildman–Crippen MR) is 163 cm³/mol. The first kappa shape index (κ1) is 22.9. The average Bonchev–Trinajstić information content (AvgIpc) is 3.36. The second-order valence-electron chi connectivity index (χ2n) is 9.58. The second kappa shape index (κ2) is 9.55. The molecule has 3 heteroatoms. The Morgan fingerprint density at radius 3 is 1.67 bits per heavy atom. The molecule has 0 aliphatic heterocycles. The Balaban J connectivity index is 1.48. The fourth-order valence-corrected chi connectivity index (χ4v) is 5.30. The molecule has 2 aromatic heterocycles. The summed E-state index contributed by atoms with van der Waals surface area (Å²) in [5.41, 5.74) is 9.26. The molecule has 0 spiro atoms. The van der Waals surface area contributed by atoms with Crippen LogP contribution in [0.1, 0.15) is 5.56 Å². The Hall–Kier alpha value is -5.28. The lowest BCUT2D eigenvalue weighted by Gasteiger charge is -2.13. The Labute approximate surface area is 227 Å². The van der Waals surface area contributed by atoms with Crippen LogP contribution in [-0.2, 0) is 0 Å². The minimum Gasteiger partial charge on any atom is -0.309 e. The zero-order chi connectivity index (χ0) is 26.2. The van der Waals surface area contributed by atoms with Crippen LogP contribution in [0.3, 0.4) is 0 Å². The number of para-hydroxylation sites is 2. The molecule has 3 nitrogen and oxygen atoms in total. The molecule has 0 aliphatic rings. The molecular weight excluding hydrogens is 474 g/mol. The van der Waals surface area contributed by atoms with E-state index < -0.39 is 0 Å². The van der Waals surface area contributed by atoms with E-state index in [-0.39, 0.29) is 0 Å². The van der Waals surface area contributed by atoms with E-state index in [1.807, 2.05) is 42.5 Å².